The lowest BCUT2D eigenvalue weighted by Gasteiger charge is -2.25. The molecule has 1 aromatic rings. The van der Waals surface area contributed by atoms with E-state index in [0.717, 1.165) is 32.1 Å². The van der Waals surface area contributed by atoms with E-state index < -0.39 is 5.54 Å². The Morgan fingerprint density at radius 1 is 1.33 bits per heavy atom. The molecule has 0 bridgehead atoms. The molecule has 1 aromatic carbocycles. The first-order chi connectivity index (χ1) is 9.40. The van der Waals surface area contributed by atoms with Crippen LogP contribution in [0.5, 0.6) is 0 Å². The summed E-state index contributed by atoms with van der Waals surface area (Å²) in [4.78, 5) is 12.3. The van der Waals surface area contributed by atoms with Crippen LogP contribution in [0.3, 0.4) is 0 Å². The maximum Gasteiger partial charge on any atom is 0.240 e. The minimum absolute atomic E-state index is 0. The smallest absolute Gasteiger partial charge is 0.240 e. The highest BCUT2D eigenvalue weighted by Crippen LogP contribution is 2.27. The van der Waals surface area contributed by atoms with Gasteiger partial charge in [-0.15, -0.1) is 12.4 Å². The summed E-state index contributed by atoms with van der Waals surface area (Å²) in [6.07, 6.45) is 4.61. The number of carbonyl (C=O) groups is 1. The van der Waals surface area contributed by atoms with E-state index in [2.05, 4.69) is 44.3 Å². The number of nitrogens with one attached hydrogen (secondary N) is 1. The number of halogens is 1. The van der Waals surface area contributed by atoms with Crippen LogP contribution in [0.15, 0.2) is 18.2 Å². The number of hydrogen-bond acceptors (Lipinski definition) is 2. The maximum atomic E-state index is 12.3. The molecule has 1 fully saturated rings. The summed E-state index contributed by atoms with van der Waals surface area (Å²) in [7, 11) is 0. The average molecular weight is 311 g/mol. The van der Waals surface area contributed by atoms with Crippen LogP contribution in [0, 0.1) is 13.8 Å². The van der Waals surface area contributed by atoms with Crippen molar-refractivity contribution in [2.75, 3.05) is 0 Å². The van der Waals surface area contributed by atoms with Gasteiger partial charge in [-0.2, -0.15) is 0 Å². The molecule has 0 aromatic heterocycles. The first-order valence-corrected chi connectivity index (χ1v) is 7.57. The van der Waals surface area contributed by atoms with Crippen LogP contribution in [0.25, 0.3) is 0 Å². The van der Waals surface area contributed by atoms with Crippen molar-refractivity contribution in [1.82, 2.24) is 5.32 Å². The van der Waals surface area contributed by atoms with E-state index in [1.54, 1.807) is 0 Å². The van der Waals surface area contributed by atoms with Gasteiger partial charge in [0.2, 0.25) is 5.91 Å². The monoisotopic (exact) mass is 310 g/mol. The number of benzene rings is 1. The molecule has 118 valence electrons. The van der Waals surface area contributed by atoms with Crippen LogP contribution >= 0.6 is 12.4 Å². The van der Waals surface area contributed by atoms with Gasteiger partial charge in [0.05, 0.1) is 5.54 Å². The van der Waals surface area contributed by atoms with Crippen molar-refractivity contribution in [1.29, 1.82) is 0 Å². The van der Waals surface area contributed by atoms with Gasteiger partial charge in [-0.3, -0.25) is 4.79 Å². The Kier molecular flexibility index (Phi) is 6.24. The summed E-state index contributed by atoms with van der Waals surface area (Å²) in [5.41, 5.74) is 9.41. The zero-order valence-electron chi connectivity index (χ0n) is 13.2. The number of amides is 1. The summed E-state index contributed by atoms with van der Waals surface area (Å²) in [5, 5.41) is 3.09. The fourth-order valence-electron chi connectivity index (χ4n) is 3.06. The van der Waals surface area contributed by atoms with Gasteiger partial charge in [0.25, 0.3) is 0 Å². The standard InChI is InChI=1S/C17H26N2O.ClH/c1-12-6-7-15(13(2)10-12)11-14(3)19-16(20)17(18)8-4-5-9-17;/h6-7,10,14H,4-5,8-9,11,18H2,1-3H3,(H,19,20);1H. The SMILES string of the molecule is Cc1ccc(CC(C)NC(=O)C2(N)CCCC2)c(C)c1.Cl. The molecule has 21 heavy (non-hydrogen) atoms. The summed E-state index contributed by atoms with van der Waals surface area (Å²) in [5.74, 6) is 0.0206. The van der Waals surface area contributed by atoms with Gasteiger partial charge < -0.3 is 11.1 Å². The Bertz CT molecular complexity index is 496. The summed E-state index contributed by atoms with van der Waals surface area (Å²) < 4.78 is 0. The van der Waals surface area contributed by atoms with Crippen LogP contribution in [-0.2, 0) is 11.2 Å². The van der Waals surface area contributed by atoms with Gasteiger partial charge >= 0.3 is 0 Å². The Hall–Kier alpha value is -1.06. The van der Waals surface area contributed by atoms with Crippen LogP contribution < -0.4 is 11.1 Å². The van der Waals surface area contributed by atoms with E-state index in [4.69, 9.17) is 5.73 Å². The maximum absolute atomic E-state index is 12.3. The predicted molar refractivity (Wildman–Crippen MR) is 89.9 cm³/mol. The van der Waals surface area contributed by atoms with Gasteiger partial charge in [0.15, 0.2) is 0 Å². The van der Waals surface area contributed by atoms with Crippen molar-refractivity contribution in [3.05, 3.63) is 34.9 Å². The van der Waals surface area contributed by atoms with Gasteiger partial charge in [0, 0.05) is 6.04 Å². The van der Waals surface area contributed by atoms with Gasteiger partial charge in [-0.05, 0) is 51.2 Å². The second-order valence-corrected chi connectivity index (χ2v) is 6.37. The predicted octanol–water partition coefficient (Wildman–Crippen LogP) is 3.04. The van der Waals surface area contributed by atoms with Crippen molar-refractivity contribution >= 4 is 18.3 Å². The zero-order valence-corrected chi connectivity index (χ0v) is 14.1. The molecule has 1 saturated carbocycles. The number of hydrogen-bond donors (Lipinski definition) is 2. The molecule has 0 spiro atoms. The molecule has 1 aliphatic rings. The van der Waals surface area contributed by atoms with Crippen LogP contribution in [0.4, 0.5) is 0 Å². The third-order valence-electron chi connectivity index (χ3n) is 4.35. The Morgan fingerprint density at radius 2 is 1.95 bits per heavy atom. The van der Waals surface area contributed by atoms with E-state index in [-0.39, 0.29) is 24.4 Å². The van der Waals surface area contributed by atoms with Crippen molar-refractivity contribution in [3.8, 4) is 0 Å². The molecule has 1 amide bonds. The summed E-state index contributed by atoms with van der Waals surface area (Å²) in [6, 6.07) is 6.58. The molecule has 2 rings (SSSR count). The molecule has 0 saturated heterocycles. The highest BCUT2D eigenvalue weighted by atomic mass is 35.5. The Morgan fingerprint density at radius 3 is 2.52 bits per heavy atom. The van der Waals surface area contributed by atoms with Crippen LogP contribution in [-0.4, -0.2) is 17.5 Å². The zero-order chi connectivity index (χ0) is 14.8. The Balaban J connectivity index is 0.00000220. The molecule has 1 aliphatic carbocycles. The van der Waals surface area contributed by atoms with E-state index in [1.807, 2.05) is 0 Å². The quantitative estimate of drug-likeness (QED) is 0.898. The minimum atomic E-state index is -0.628. The summed E-state index contributed by atoms with van der Waals surface area (Å²) in [6.45, 7) is 6.27. The molecular weight excluding hydrogens is 284 g/mol. The largest absolute Gasteiger partial charge is 0.352 e. The lowest BCUT2D eigenvalue weighted by molar-refractivity contribution is -0.126. The van der Waals surface area contributed by atoms with E-state index >= 15 is 0 Å². The number of nitrogens with two attached hydrogens (primary N) is 1. The molecule has 1 atom stereocenters. The number of carbonyl (C=O) groups excluding carboxylic acids is 1. The molecular formula is C17H27ClN2O. The molecule has 1 unspecified atom stereocenters. The van der Waals surface area contributed by atoms with Crippen LogP contribution in [0.2, 0.25) is 0 Å². The molecule has 0 heterocycles. The molecule has 3 nitrogen and oxygen atoms in total. The van der Waals surface area contributed by atoms with Crippen molar-refractivity contribution in [2.45, 2.75) is 64.5 Å². The normalized spacial score (nSPS) is 17.9. The molecule has 0 radical (unpaired) electrons. The lowest BCUT2D eigenvalue weighted by atomic mass is 9.96. The highest BCUT2D eigenvalue weighted by molar-refractivity contribution is 5.86. The third kappa shape index (κ3) is 4.45. The molecule has 4 heteroatoms. The molecule has 0 aliphatic heterocycles. The number of aryl methyl sites for hydroxylation is 2. The van der Waals surface area contributed by atoms with Gasteiger partial charge in [-0.1, -0.05) is 36.6 Å². The second-order valence-electron chi connectivity index (χ2n) is 6.37. The minimum Gasteiger partial charge on any atom is -0.352 e. The first kappa shape index (κ1) is 18.0. The van der Waals surface area contributed by atoms with Gasteiger partial charge in [-0.25, -0.2) is 0 Å². The van der Waals surface area contributed by atoms with E-state index in [1.165, 1.54) is 16.7 Å². The highest BCUT2D eigenvalue weighted by Gasteiger charge is 2.37. The topological polar surface area (TPSA) is 55.1 Å². The van der Waals surface area contributed by atoms with Crippen LogP contribution in [0.1, 0.15) is 49.3 Å². The van der Waals surface area contributed by atoms with E-state index in [0.29, 0.717) is 0 Å². The summed E-state index contributed by atoms with van der Waals surface area (Å²) >= 11 is 0. The molecule has 3 N–H and O–H groups in total. The van der Waals surface area contributed by atoms with E-state index in [9.17, 15) is 4.79 Å². The fraction of sp³-hybridized carbons (Fsp3) is 0.588. The third-order valence-corrected chi connectivity index (χ3v) is 4.35. The van der Waals surface area contributed by atoms with Crippen molar-refractivity contribution in [3.63, 3.8) is 0 Å². The van der Waals surface area contributed by atoms with Crippen molar-refractivity contribution in [2.24, 2.45) is 5.73 Å². The Labute approximate surface area is 134 Å². The van der Waals surface area contributed by atoms with Crippen molar-refractivity contribution < 1.29 is 4.79 Å². The lowest BCUT2D eigenvalue weighted by Crippen LogP contribution is -2.54. The van der Waals surface area contributed by atoms with Gasteiger partial charge in [0.1, 0.15) is 0 Å². The number of rotatable bonds is 4. The second kappa shape index (κ2) is 7.28. The fourth-order valence-corrected chi connectivity index (χ4v) is 3.06. The first-order valence-electron chi connectivity index (χ1n) is 7.57. The average Bonchev–Trinajstić information content (AvgIpc) is 2.81.